The van der Waals surface area contributed by atoms with E-state index in [9.17, 15) is 12.8 Å². The summed E-state index contributed by atoms with van der Waals surface area (Å²) < 4.78 is 39.8. The van der Waals surface area contributed by atoms with Gasteiger partial charge in [0.1, 0.15) is 5.82 Å². The van der Waals surface area contributed by atoms with E-state index < -0.39 is 15.8 Å². The van der Waals surface area contributed by atoms with Crippen molar-refractivity contribution in [2.45, 2.75) is 5.03 Å². The maximum Gasteiger partial charge on any atom is 0.257 e. The quantitative estimate of drug-likeness (QED) is 0.887. The van der Waals surface area contributed by atoms with Crippen LogP contribution in [0.2, 0.25) is 0 Å². The monoisotopic (exact) mass is 255 g/mol. The smallest absolute Gasteiger partial charge is 0.221 e. The second kappa shape index (κ2) is 4.27. The molecule has 0 saturated carbocycles. The van der Waals surface area contributed by atoms with Crippen LogP contribution in [0.15, 0.2) is 41.6 Å². The zero-order chi connectivity index (χ0) is 12.5. The molecule has 5 nitrogen and oxygen atoms in total. The molecule has 0 atom stereocenters. The molecule has 0 radical (unpaired) electrons. The van der Waals surface area contributed by atoms with E-state index in [0.29, 0.717) is 5.69 Å². The summed E-state index contributed by atoms with van der Waals surface area (Å²) in [6.45, 7) is 0. The van der Waals surface area contributed by atoms with Gasteiger partial charge in [-0.3, -0.25) is 0 Å². The van der Waals surface area contributed by atoms with Gasteiger partial charge in [0.25, 0.3) is 10.0 Å². The molecular formula is C10H10FN3O2S. The molecule has 0 aliphatic rings. The number of benzene rings is 1. The minimum absolute atomic E-state index is 0.0365. The Morgan fingerprint density at radius 3 is 2.76 bits per heavy atom. The molecule has 0 unspecified atom stereocenters. The number of halogens is 1. The predicted molar refractivity (Wildman–Crippen MR) is 59.8 cm³/mol. The maximum atomic E-state index is 13.1. The molecule has 7 heteroatoms. The van der Waals surface area contributed by atoms with E-state index in [2.05, 4.69) is 9.82 Å². The molecule has 0 spiro atoms. The van der Waals surface area contributed by atoms with E-state index in [1.807, 2.05) is 0 Å². The van der Waals surface area contributed by atoms with Gasteiger partial charge in [0, 0.05) is 0 Å². The second-order valence-electron chi connectivity index (χ2n) is 3.27. The fourth-order valence-electron chi connectivity index (χ4n) is 1.40. The average molecular weight is 255 g/mol. The molecule has 0 bridgehead atoms. The molecule has 1 aromatic heterocycles. The minimum Gasteiger partial charge on any atom is -0.221 e. The molecule has 0 amide bonds. The Labute approximate surface area is 97.9 Å². The van der Waals surface area contributed by atoms with Gasteiger partial charge in [0.2, 0.25) is 0 Å². The fourth-order valence-corrected chi connectivity index (χ4v) is 2.23. The summed E-state index contributed by atoms with van der Waals surface area (Å²) in [6.07, 6.45) is 1.34. The molecule has 1 aromatic carbocycles. The molecule has 17 heavy (non-hydrogen) atoms. The summed E-state index contributed by atoms with van der Waals surface area (Å²) in [7, 11) is -2.31. The lowest BCUT2D eigenvalue weighted by molar-refractivity contribution is 0.577. The average Bonchev–Trinajstić information content (AvgIpc) is 2.78. The predicted octanol–water partition coefficient (Wildman–Crippen LogP) is 0.919. The van der Waals surface area contributed by atoms with Crippen molar-refractivity contribution in [3.8, 4) is 5.69 Å². The molecule has 90 valence electrons. The first-order valence-corrected chi connectivity index (χ1v) is 6.26. The first-order chi connectivity index (χ1) is 8.04. The lowest BCUT2D eigenvalue weighted by atomic mass is 10.3. The first kappa shape index (κ1) is 11.7. The summed E-state index contributed by atoms with van der Waals surface area (Å²) in [5, 5.41) is 3.84. The van der Waals surface area contributed by atoms with Gasteiger partial charge in [-0.15, -0.1) is 0 Å². The Kier molecular flexibility index (Phi) is 2.95. The van der Waals surface area contributed by atoms with E-state index in [4.69, 9.17) is 0 Å². The number of rotatable bonds is 3. The molecule has 2 rings (SSSR count). The Morgan fingerprint density at radius 2 is 2.12 bits per heavy atom. The third-order valence-electron chi connectivity index (χ3n) is 2.20. The first-order valence-electron chi connectivity index (χ1n) is 4.78. The van der Waals surface area contributed by atoms with E-state index >= 15 is 0 Å². The van der Waals surface area contributed by atoms with E-state index in [-0.39, 0.29) is 5.03 Å². The maximum absolute atomic E-state index is 13.1. The van der Waals surface area contributed by atoms with Crippen LogP contribution in [0.25, 0.3) is 5.69 Å². The number of sulfonamides is 1. The highest BCUT2D eigenvalue weighted by atomic mass is 32.2. The SMILES string of the molecule is CNS(=O)(=O)c1ccnn1-c1cccc(F)c1. The van der Waals surface area contributed by atoms with E-state index in [1.54, 1.807) is 6.07 Å². The molecule has 0 aliphatic heterocycles. The van der Waals surface area contributed by atoms with Crippen LogP contribution in [0.3, 0.4) is 0 Å². The second-order valence-corrected chi connectivity index (χ2v) is 5.10. The van der Waals surface area contributed by atoms with Crippen LogP contribution in [0.5, 0.6) is 0 Å². The van der Waals surface area contributed by atoms with E-state index in [1.165, 1.54) is 37.5 Å². The van der Waals surface area contributed by atoms with Crippen LogP contribution in [-0.2, 0) is 10.0 Å². The van der Waals surface area contributed by atoms with Crippen molar-refractivity contribution in [1.82, 2.24) is 14.5 Å². The zero-order valence-corrected chi connectivity index (χ0v) is 9.78. The van der Waals surface area contributed by atoms with Crippen molar-refractivity contribution in [2.24, 2.45) is 0 Å². The molecule has 0 saturated heterocycles. The summed E-state index contributed by atoms with van der Waals surface area (Å²) >= 11 is 0. The molecule has 2 aromatic rings. The van der Waals surface area contributed by atoms with Gasteiger partial charge < -0.3 is 0 Å². The standard InChI is InChI=1S/C10H10FN3O2S/c1-12-17(15,16)10-5-6-13-14(10)9-4-2-3-8(11)7-9/h2-7,12H,1H3. The van der Waals surface area contributed by atoms with Gasteiger partial charge in [-0.05, 0) is 31.3 Å². The Hall–Kier alpha value is -1.73. The van der Waals surface area contributed by atoms with Gasteiger partial charge in [-0.25, -0.2) is 22.2 Å². The largest absolute Gasteiger partial charge is 0.257 e. The molecule has 0 aliphatic carbocycles. The lowest BCUT2D eigenvalue weighted by Crippen LogP contribution is -2.21. The number of hydrogen-bond donors (Lipinski definition) is 1. The number of nitrogens with one attached hydrogen (secondary N) is 1. The fraction of sp³-hybridized carbons (Fsp3) is 0.100. The van der Waals surface area contributed by atoms with Gasteiger partial charge >= 0.3 is 0 Å². The topological polar surface area (TPSA) is 64.0 Å². The number of nitrogens with zero attached hydrogens (tertiary/aromatic N) is 2. The Balaban J connectivity index is 2.59. The van der Waals surface area contributed by atoms with Crippen LogP contribution >= 0.6 is 0 Å². The summed E-state index contributed by atoms with van der Waals surface area (Å²) in [5.41, 5.74) is 0.351. The van der Waals surface area contributed by atoms with Crippen molar-refractivity contribution in [3.05, 3.63) is 42.3 Å². The van der Waals surface area contributed by atoms with Gasteiger partial charge in [0.15, 0.2) is 5.03 Å². The molecule has 1 N–H and O–H groups in total. The van der Waals surface area contributed by atoms with E-state index in [0.717, 1.165) is 4.68 Å². The van der Waals surface area contributed by atoms with Gasteiger partial charge in [-0.2, -0.15) is 5.10 Å². The van der Waals surface area contributed by atoms with Crippen molar-refractivity contribution >= 4 is 10.0 Å². The number of aromatic nitrogens is 2. The summed E-state index contributed by atoms with van der Waals surface area (Å²) in [6, 6.07) is 6.89. The lowest BCUT2D eigenvalue weighted by Gasteiger charge is -2.07. The van der Waals surface area contributed by atoms with Gasteiger partial charge in [-0.1, -0.05) is 6.07 Å². The summed E-state index contributed by atoms with van der Waals surface area (Å²) in [4.78, 5) is 0. The Morgan fingerprint density at radius 1 is 1.35 bits per heavy atom. The third-order valence-corrected chi connectivity index (χ3v) is 3.60. The highest BCUT2D eigenvalue weighted by molar-refractivity contribution is 7.89. The van der Waals surface area contributed by atoms with Crippen LogP contribution in [-0.4, -0.2) is 25.2 Å². The van der Waals surface area contributed by atoms with Crippen molar-refractivity contribution < 1.29 is 12.8 Å². The summed E-state index contributed by atoms with van der Waals surface area (Å²) in [5.74, 6) is -0.453. The molecular weight excluding hydrogens is 245 g/mol. The third kappa shape index (κ3) is 2.20. The van der Waals surface area contributed by atoms with Crippen LogP contribution in [0.4, 0.5) is 4.39 Å². The zero-order valence-electron chi connectivity index (χ0n) is 8.96. The molecule has 0 fully saturated rings. The van der Waals surface area contributed by atoms with Crippen LogP contribution in [0, 0.1) is 5.82 Å². The van der Waals surface area contributed by atoms with Crippen molar-refractivity contribution in [1.29, 1.82) is 0 Å². The van der Waals surface area contributed by atoms with Crippen molar-refractivity contribution in [3.63, 3.8) is 0 Å². The minimum atomic E-state index is -3.62. The normalized spacial score (nSPS) is 11.6. The highest BCUT2D eigenvalue weighted by Crippen LogP contribution is 2.15. The van der Waals surface area contributed by atoms with Crippen molar-refractivity contribution in [2.75, 3.05) is 7.05 Å². The highest BCUT2D eigenvalue weighted by Gasteiger charge is 2.18. The molecule has 1 heterocycles. The number of hydrogen-bond acceptors (Lipinski definition) is 3. The van der Waals surface area contributed by atoms with Crippen LogP contribution in [0.1, 0.15) is 0 Å². The van der Waals surface area contributed by atoms with Gasteiger partial charge in [0.05, 0.1) is 11.9 Å². The van der Waals surface area contributed by atoms with Crippen LogP contribution < -0.4 is 4.72 Å². The Bertz CT molecular complexity index is 637.